The van der Waals surface area contributed by atoms with E-state index in [1.165, 1.54) is 12.4 Å². The molecule has 0 aliphatic carbocycles. The fraction of sp³-hybridized carbons (Fsp3) is 0.280. The molecule has 9 nitrogen and oxygen atoms in total. The molecule has 39 heavy (non-hydrogen) atoms. The van der Waals surface area contributed by atoms with E-state index in [4.69, 9.17) is 42.6 Å². The molecule has 0 radical (unpaired) electrons. The zero-order valence-electron chi connectivity index (χ0n) is 20.5. The zero-order valence-corrected chi connectivity index (χ0v) is 22.0. The fourth-order valence-electron chi connectivity index (χ4n) is 3.64. The second-order valence-electron chi connectivity index (χ2n) is 8.14. The van der Waals surface area contributed by atoms with Crippen molar-refractivity contribution in [2.75, 3.05) is 25.5 Å². The molecule has 1 saturated heterocycles. The molecule has 1 aromatic heterocycles. The van der Waals surface area contributed by atoms with Gasteiger partial charge in [0.25, 0.3) is 0 Å². The Hall–Kier alpha value is -3.77. The number of piperidine rings is 1. The summed E-state index contributed by atoms with van der Waals surface area (Å²) >= 11 is 12.3. The second kappa shape index (κ2) is 12.9. The van der Waals surface area contributed by atoms with Crippen LogP contribution >= 0.6 is 23.2 Å². The van der Waals surface area contributed by atoms with Crippen LogP contribution in [0.1, 0.15) is 12.8 Å². The standard InChI is InChI=1S/C23H22Cl2N4O3.C2HF3O2/c1-3-22(30)29-8-6-15(7-9-29)32-21-11-16-19(12-20(21)31-2)26-13-27-23(16)28-18-5-4-14(24)10-17(18)25;3-2(4,5)1(6)7/h3-5,10-13,15H,1,6-9H2,2H3,(H,26,27,28);(H,6,7). The Balaban J connectivity index is 0.000000532. The third-order valence-electron chi connectivity index (χ3n) is 5.57. The average Bonchev–Trinajstić information content (AvgIpc) is 2.90. The summed E-state index contributed by atoms with van der Waals surface area (Å²) in [5.74, 6) is -1.06. The molecule has 0 unspecified atom stereocenters. The zero-order chi connectivity index (χ0) is 28.7. The molecule has 0 saturated carbocycles. The number of rotatable bonds is 6. The third kappa shape index (κ3) is 7.87. The van der Waals surface area contributed by atoms with Crippen molar-refractivity contribution >= 4 is 57.5 Å². The highest BCUT2D eigenvalue weighted by molar-refractivity contribution is 6.36. The van der Waals surface area contributed by atoms with Crippen LogP contribution in [0.4, 0.5) is 24.7 Å². The number of amides is 1. The number of carbonyl (C=O) groups is 2. The summed E-state index contributed by atoms with van der Waals surface area (Å²) in [6.45, 7) is 4.79. The molecule has 2 N–H and O–H groups in total. The van der Waals surface area contributed by atoms with E-state index in [1.807, 2.05) is 12.1 Å². The quantitative estimate of drug-likeness (QED) is 0.344. The van der Waals surface area contributed by atoms with Crippen molar-refractivity contribution in [3.8, 4) is 11.5 Å². The van der Waals surface area contributed by atoms with Crippen LogP contribution in [0.25, 0.3) is 10.9 Å². The molecule has 4 rings (SSSR count). The van der Waals surface area contributed by atoms with Crippen LogP contribution in [-0.2, 0) is 9.59 Å². The van der Waals surface area contributed by atoms with E-state index in [-0.39, 0.29) is 12.0 Å². The molecule has 1 fully saturated rings. The first-order valence-electron chi connectivity index (χ1n) is 11.4. The number of alkyl halides is 3. The molecule has 14 heteroatoms. The topological polar surface area (TPSA) is 114 Å². The lowest BCUT2D eigenvalue weighted by atomic mass is 10.1. The lowest BCUT2D eigenvalue weighted by Crippen LogP contribution is -2.41. The summed E-state index contributed by atoms with van der Waals surface area (Å²) in [5.41, 5.74) is 1.37. The predicted molar refractivity (Wildman–Crippen MR) is 140 cm³/mol. The number of nitrogens with one attached hydrogen (secondary N) is 1. The third-order valence-corrected chi connectivity index (χ3v) is 6.12. The summed E-state index contributed by atoms with van der Waals surface area (Å²) < 4.78 is 43.6. The number of benzene rings is 2. The van der Waals surface area contributed by atoms with Crippen molar-refractivity contribution in [2.45, 2.75) is 25.1 Å². The van der Waals surface area contributed by atoms with Gasteiger partial charge < -0.3 is 24.8 Å². The number of fused-ring (bicyclic) bond motifs is 1. The highest BCUT2D eigenvalue weighted by Gasteiger charge is 2.38. The van der Waals surface area contributed by atoms with Crippen LogP contribution in [0.5, 0.6) is 11.5 Å². The molecule has 0 spiro atoms. The molecular formula is C25H23Cl2F3N4O5. The lowest BCUT2D eigenvalue weighted by molar-refractivity contribution is -0.192. The van der Waals surface area contributed by atoms with E-state index >= 15 is 0 Å². The first-order chi connectivity index (χ1) is 18.4. The number of hydrogen-bond donors (Lipinski definition) is 2. The van der Waals surface area contributed by atoms with Crippen molar-refractivity contribution in [1.82, 2.24) is 14.9 Å². The number of aromatic nitrogens is 2. The number of carbonyl (C=O) groups excluding carboxylic acids is 1. The van der Waals surface area contributed by atoms with Crippen LogP contribution in [0.3, 0.4) is 0 Å². The molecule has 2 aromatic carbocycles. The van der Waals surface area contributed by atoms with E-state index in [0.717, 1.165) is 18.2 Å². The Kier molecular flexibility index (Phi) is 9.81. The second-order valence-corrected chi connectivity index (χ2v) is 8.98. The van der Waals surface area contributed by atoms with Crippen LogP contribution in [0.15, 0.2) is 49.3 Å². The number of aliphatic carboxylic acids is 1. The van der Waals surface area contributed by atoms with Crippen molar-refractivity contribution < 1.29 is 37.3 Å². The van der Waals surface area contributed by atoms with Crippen molar-refractivity contribution in [1.29, 1.82) is 0 Å². The Bertz CT molecular complexity index is 1370. The van der Waals surface area contributed by atoms with Crippen molar-refractivity contribution in [3.05, 3.63) is 59.4 Å². The number of halogens is 5. The van der Waals surface area contributed by atoms with Gasteiger partial charge in [0.2, 0.25) is 5.91 Å². The van der Waals surface area contributed by atoms with E-state index in [0.29, 0.717) is 51.7 Å². The molecule has 0 atom stereocenters. The van der Waals surface area contributed by atoms with Crippen LogP contribution < -0.4 is 14.8 Å². The van der Waals surface area contributed by atoms with Gasteiger partial charge in [-0.2, -0.15) is 13.2 Å². The molecule has 3 aromatic rings. The normalized spacial score (nSPS) is 13.7. The number of carboxylic acid groups (broad SMARTS) is 1. The minimum absolute atomic E-state index is 0.0398. The van der Waals surface area contributed by atoms with Gasteiger partial charge in [-0.25, -0.2) is 14.8 Å². The number of carboxylic acids is 1. The maximum Gasteiger partial charge on any atom is 0.490 e. The minimum atomic E-state index is -5.08. The van der Waals surface area contributed by atoms with Gasteiger partial charge in [0.05, 0.1) is 23.3 Å². The SMILES string of the molecule is C=CC(=O)N1CCC(Oc2cc3c(Nc4ccc(Cl)cc4Cl)ncnc3cc2OC)CC1.O=C(O)C(F)(F)F. The Morgan fingerprint density at radius 3 is 2.38 bits per heavy atom. The van der Waals surface area contributed by atoms with Crippen molar-refractivity contribution in [3.63, 3.8) is 0 Å². The van der Waals surface area contributed by atoms with E-state index < -0.39 is 12.1 Å². The number of ether oxygens (including phenoxy) is 2. The van der Waals surface area contributed by atoms with Gasteiger partial charge in [0.1, 0.15) is 18.2 Å². The number of likely N-dealkylation sites (tertiary alicyclic amines) is 1. The molecule has 1 aliphatic heterocycles. The summed E-state index contributed by atoms with van der Waals surface area (Å²) in [4.78, 5) is 31.2. The van der Waals surface area contributed by atoms with Gasteiger partial charge >= 0.3 is 12.1 Å². The highest BCUT2D eigenvalue weighted by Crippen LogP contribution is 2.37. The molecule has 1 amide bonds. The summed E-state index contributed by atoms with van der Waals surface area (Å²) in [6, 6.07) is 8.88. The molecular weight excluding hydrogens is 564 g/mol. The Labute approximate surface area is 231 Å². The molecule has 208 valence electrons. The first kappa shape index (κ1) is 29.8. The van der Waals surface area contributed by atoms with Gasteiger partial charge in [0, 0.05) is 42.4 Å². The highest BCUT2D eigenvalue weighted by atomic mass is 35.5. The largest absolute Gasteiger partial charge is 0.493 e. The van der Waals surface area contributed by atoms with Gasteiger partial charge in [-0.15, -0.1) is 0 Å². The lowest BCUT2D eigenvalue weighted by Gasteiger charge is -2.31. The maximum absolute atomic E-state index is 11.8. The Morgan fingerprint density at radius 1 is 1.15 bits per heavy atom. The predicted octanol–water partition coefficient (Wildman–Crippen LogP) is 5.88. The van der Waals surface area contributed by atoms with E-state index in [2.05, 4.69) is 21.9 Å². The smallest absolute Gasteiger partial charge is 0.490 e. The van der Waals surface area contributed by atoms with Gasteiger partial charge in [-0.05, 0) is 30.3 Å². The number of nitrogens with zero attached hydrogens (tertiary/aromatic N) is 3. The number of methoxy groups -OCH3 is 1. The van der Waals surface area contributed by atoms with E-state index in [1.54, 1.807) is 30.2 Å². The van der Waals surface area contributed by atoms with Gasteiger partial charge in [-0.3, -0.25) is 4.79 Å². The minimum Gasteiger partial charge on any atom is -0.493 e. The van der Waals surface area contributed by atoms with Crippen LogP contribution in [0, 0.1) is 0 Å². The number of hydrogen-bond acceptors (Lipinski definition) is 7. The summed E-state index contributed by atoms with van der Waals surface area (Å²) in [7, 11) is 1.59. The van der Waals surface area contributed by atoms with Gasteiger partial charge in [0.15, 0.2) is 11.5 Å². The maximum atomic E-state index is 11.8. The van der Waals surface area contributed by atoms with Crippen molar-refractivity contribution in [2.24, 2.45) is 0 Å². The summed E-state index contributed by atoms with van der Waals surface area (Å²) in [5, 5.41) is 12.2. The average molecular weight is 587 g/mol. The summed E-state index contributed by atoms with van der Waals surface area (Å²) in [6.07, 6.45) is -0.868. The van der Waals surface area contributed by atoms with Crippen LogP contribution in [-0.4, -0.2) is 64.3 Å². The molecule has 0 bridgehead atoms. The number of anilines is 2. The fourth-order valence-corrected chi connectivity index (χ4v) is 4.09. The molecule has 2 heterocycles. The molecule has 1 aliphatic rings. The van der Waals surface area contributed by atoms with Gasteiger partial charge in [-0.1, -0.05) is 29.8 Å². The Morgan fingerprint density at radius 2 is 1.82 bits per heavy atom. The van der Waals surface area contributed by atoms with Crippen LogP contribution in [0.2, 0.25) is 10.0 Å². The van der Waals surface area contributed by atoms with E-state index in [9.17, 15) is 18.0 Å². The first-order valence-corrected chi connectivity index (χ1v) is 12.1. The monoisotopic (exact) mass is 586 g/mol.